The lowest BCUT2D eigenvalue weighted by Crippen LogP contribution is -2.25. The first-order chi connectivity index (χ1) is 7.55. The summed E-state index contributed by atoms with van der Waals surface area (Å²) in [7, 11) is 0. The topological polar surface area (TPSA) is 40.6 Å². The SMILES string of the molecule is Cc1cccc(OC[C@H]2COC(C)(C)O2)n1. The summed E-state index contributed by atoms with van der Waals surface area (Å²) >= 11 is 0. The Labute approximate surface area is 95.5 Å². The normalized spacial score (nSPS) is 23.3. The predicted octanol–water partition coefficient (Wildman–Crippen LogP) is 1.92. The van der Waals surface area contributed by atoms with E-state index in [9.17, 15) is 0 Å². The third kappa shape index (κ3) is 2.93. The van der Waals surface area contributed by atoms with Crippen molar-refractivity contribution >= 4 is 0 Å². The molecule has 2 rings (SSSR count). The maximum Gasteiger partial charge on any atom is 0.213 e. The second kappa shape index (κ2) is 4.39. The molecule has 88 valence electrons. The van der Waals surface area contributed by atoms with Crippen LogP contribution in [-0.2, 0) is 9.47 Å². The van der Waals surface area contributed by atoms with Crippen LogP contribution in [0.25, 0.3) is 0 Å². The summed E-state index contributed by atoms with van der Waals surface area (Å²) in [5.74, 6) is 0.141. The highest BCUT2D eigenvalue weighted by atomic mass is 16.7. The van der Waals surface area contributed by atoms with Gasteiger partial charge in [-0.25, -0.2) is 4.98 Å². The van der Waals surface area contributed by atoms with Gasteiger partial charge in [0.15, 0.2) is 5.79 Å². The lowest BCUT2D eigenvalue weighted by Gasteiger charge is -2.17. The van der Waals surface area contributed by atoms with E-state index in [4.69, 9.17) is 14.2 Å². The summed E-state index contributed by atoms with van der Waals surface area (Å²) in [5, 5.41) is 0. The second-order valence-electron chi connectivity index (χ2n) is 4.38. The van der Waals surface area contributed by atoms with Crippen LogP contribution < -0.4 is 4.74 Å². The van der Waals surface area contributed by atoms with Crippen molar-refractivity contribution in [3.63, 3.8) is 0 Å². The van der Waals surface area contributed by atoms with Crippen molar-refractivity contribution in [3.05, 3.63) is 23.9 Å². The lowest BCUT2D eigenvalue weighted by atomic mass is 10.4. The van der Waals surface area contributed by atoms with Crippen LogP contribution in [0.3, 0.4) is 0 Å². The first-order valence-electron chi connectivity index (χ1n) is 5.43. The zero-order chi connectivity index (χ0) is 11.6. The van der Waals surface area contributed by atoms with E-state index in [1.165, 1.54) is 0 Å². The molecule has 4 heteroatoms. The number of nitrogens with zero attached hydrogens (tertiary/aromatic N) is 1. The van der Waals surface area contributed by atoms with Crippen LogP contribution in [0.1, 0.15) is 19.5 Å². The fourth-order valence-corrected chi connectivity index (χ4v) is 1.62. The van der Waals surface area contributed by atoms with E-state index in [2.05, 4.69) is 4.98 Å². The molecular weight excluding hydrogens is 206 g/mol. The summed E-state index contributed by atoms with van der Waals surface area (Å²) in [6.45, 7) is 6.78. The molecule has 0 aromatic carbocycles. The molecule has 1 aliphatic rings. The molecule has 0 amide bonds. The molecule has 1 fully saturated rings. The Morgan fingerprint density at radius 1 is 1.50 bits per heavy atom. The standard InChI is InChI=1S/C12H17NO3/c1-9-5-4-6-11(13-9)14-7-10-8-15-12(2,3)16-10/h4-6,10H,7-8H2,1-3H3/t10-/m0/s1. The molecule has 0 aliphatic carbocycles. The van der Waals surface area contributed by atoms with E-state index in [0.29, 0.717) is 19.1 Å². The second-order valence-corrected chi connectivity index (χ2v) is 4.38. The van der Waals surface area contributed by atoms with Gasteiger partial charge in [-0.15, -0.1) is 0 Å². The van der Waals surface area contributed by atoms with Crippen LogP contribution >= 0.6 is 0 Å². The molecule has 1 aromatic rings. The fourth-order valence-electron chi connectivity index (χ4n) is 1.62. The van der Waals surface area contributed by atoms with Crippen LogP contribution in [0.5, 0.6) is 5.88 Å². The Morgan fingerprint density at radius 2 is 2.31 bits per heavy atom. The Kier molecular flexibility index (Phi) is 3.12. The van der Waals surface area contributed by atoms with E-state index in [1.54, 1.807) is 0 Å². The van der Waals surface area contributed by atoms with Gasteiger partial charge in [0.05, 0.1) is 6.61 Å². The molecule has 0 spiro atoms. The molecule has 0 unspecified atom stereocenters. The van der Waals surface area contributed by atoms with E-state index < -0.39 is 5.79 Å². The maximum atomic E-state index is 5.63. The molecule has 0 saturated carbocycles. The van der Waals surface area contributed by atoms with E-state index in [-0.39, 0.29) is 6.10 Å². The van der Waals surface area contributed by atoms with Crippen LogP contribution in [0, 0.1) is 6.92 Å². The van der Waals surface area contributed by atoms with Gasteiger partial charge in [0.1, 0.15) is 12.7 Å². The highest BCUT2D eigenvalue weighted by Gasteiger charge is 2.32. The van der Waals surface area contributed by atoms with Crippen molar-refractivity contribution in [2.45, 2.75) is 32.7 Å². The molecular formula is C12H17NO3. The van der Waals surface area contributed by atoms with E-state index >= 15 is 0 Å². The summed E-state index contributed by atoms with van der Waals surface area (Å²) < 4.78 is 16.6. The number of aromatic nitrogens is 1. The molecule has 0 bridgehead atoms. The lowest BCUT2D eigenvalue weighted by molar-refractivity contribution is -0.141. The molecule has 4 nitrogen and oxygen atoms in total. The summed E-state index contributed by atoms with van der Waals surface area (Å²) in [6, 6.07) is 5.70. The minimum Gasteiger partial charge on any atom is -0.475 e. The van der Waals surface area contributed by atoms with Gasteiger partial charge in [-0.1, -0.05) is 6.07 Å². The fraction of sp³-hybridized carbons (Fsp3) is 0.583. The van der Waals surface area contributed by atoms with E-state index in [0.717, 1.165) is 5.69 Å². The Morgan fingerprint density at radius 3 is 2.94 bits per heavy atom. The van der Waals surface area contributed by atoms with Crippen molar-refractivity contribution in [2.75, 3.05) is 13.2 Å². The van der Waals surface area contributed by atoms with Crippen molar-refractivity contribution in [2.24, 2.45) is 0 Å². The minimum atomic E-state index is -0.492. The van der Waals surface area contributed by atoms with Gasteiger partial charge in [0.25, 0.3) is 0 Å². The average Bonchev–Trinajstić information content (AvgIpc) is 2.56. The van der Waals surface area contributed by atoms with Crippen LogP contribution in [0.2, 0.25) is 0 Å². The zero-order valence-electron chi connectivity index (χ0n) is 9.90. The third-order valence-corrected chi connectivity index (χ3v) is 2.35. The van der Waals surface area contributed by atoms with Gasteiger partial charge < -0.3 is 14.2 Å². The van der Waals surface area contributed by atoms with Crippen LogP contribution in [0.15, 0.2) is 18.2 Å². The van der Waals surface area contributed by atoms with Gasteiger partial charge in [0, 0.05) is 11.8 Å². The monoisotopic (exact) mass is 223 g/mol. The Balaban J connectivity index is 1.84. The first kappa shape index (κ1) is 11.4. The average molecular weight is 223 g/mol. The minimum absolute atomic E-state index is 0.0164. The number of hydrogen-bond donors (Lipinski definition) is 0. The molecule has 2 heterocycles. The largest absolute Gasteiger partial charge is 0.475 e. The number of ether oxygens (including phenoxy) is 3. The van der Waals surface area contributed by atoms with Crippen LogP contribution in [-0.4, -0.2) is 30.1 Å². The van der Waals surface area contributed by atoms with Gasteiger partial charge in [-0.3, -0.25) is 0 Å². The van der Waals surface area contributed by atoms with Gasteiger partial charge >= 0.3 is 0 Å². The number of pyridine rings is 1. The number of aryl methyl sites for hydroxylation is 1. The molecule has 1 saturated heterocycles. The first-order valence-corrected chi connectivity index (χ1v) is 5.43. The van der Waals surface area contributed by atoms with Crippen molar-refractivity contribution in [3.8, 4) is 5.88 Å². The van der Waals surface area contributed by atoms with E-state index in [1.807, 2.05) is 39.0 Å². The van der Waals surface area contributed by atoms with Gasteiger partial charge in [-0.05, 0) is 26.8 Å². The smallest absolute Gasteiger partial charge is 0.213 e. The van der Waals surface area contributed by atoms with Crippen LogP contribution in [0.4, 0.5) is 0 Å². The van der Waals surface area contributed by atoms with Crippen molar-refractivity contribution < 1.29 is 14.2 Å². The Hall–Kier alpha value is -1.13. The molecule has 1 aliphatic heterocycles. The highest BCUT2D eigenvalue weighted by Crippen LogP contribution is 2.22. The molecule has 16 heavy (non-hydrogen) atoms. The van der Waals surface area contributed by atoms with Crippen molar-refractivity contribution in [1.82, 2.24) is 4.98 Å². The summed E-state index contributed by atoms with van der Waals surface area (Å²) in [6.07, 6.45) is -0.0164. The van der Waals surface area contributed by atoms with Gasteiger partial charge in [0.2, 0.25) is 5.88 Å². The Bertz CT molecular complexity index is 365. The number of rotatable bonds is 3. The maximum absolute atomic E-state index is 5.63. The third-order valence-electron chi connectivity index (χ3n) is 2.35. The molecule has 0 radical (unpaired) electrons. The number of hydrogen-bond acceptors (Lipinski definition) is 4. The predicted molar refractivity (Wildman–Crippen MR) is 59.4 cm³/mol. The van der Waals surface area contributed by atoms with Crippen molar-refractivity contribution in [1.29, 1.82) is 0 Å². The summed E-state index contributed by atoms with van der Waals surface area (Å²) in [4.78, 5) is 4.25. The molecule has 1 aromatic heterocycles. The zero-order valence-corrected chi connectivity index (χ0v) is 9.90. The molecule has 1 atom stereocenters. The quantitative estimate of drug-likeness (QED) is 0.785. The summed E-state index contributed by atoms with van der Waals surface area (Å²) in [5.41, 5.74) is 0.946. The highest BCUT2D eigenvalue weighted by molar-refractivity contribution is 5.14. The molecule has 0 N–H and O–H groups in total. The van der Waals surface area contributed by atoms with Gasteiger partial charge in [-0.2, -0.15) is 0 Å².